The molecule has 4 nitrogen and oxygen atoms in total. The maximum atomic E-state index is 11.5. The second kappa shape index (κ2) is 4.72. The second-order valence-corrected chi connectivity index (χ2v) is 4.50. The van der Waals surface area contributed by atoms with Crippen LogP contribution in [-0.2, 0) is 6.54 Å². The van der Waals surface area contributed by atoms with E-state index < -0.39 is 6.10 Å². The molecule has 0 spiro atoms. The smallest absolute Gasteiger partial charge is 0.307 e. The van der Waals surface area contributed by atoms with Crippen LogP contribution in [0.3, 0.4) is 0 Å². The van der Waals surface area contributed by atoms with Gasteiger partial charge in [-0.1, -0.05) is 11.3 Å². The molecule has 1 rings (SSSR count). The quantitative estimate of drug-likeness (QED) is 0.751. The van der Waals surface area contributed by atoms with Crippen LogP contribution in [0.2, 0.25) is 0 Å². The number of likely N-dealkylation sites (N-methyl/N-ethyl adjacent to an activating group) is 1. The molecule has 1 aromatic rings. The highest BCUT2D eigenvalue weighted by Crippen LogP contribution is 2.09. The lowest BCUT2D eigenvalue weighted by atomic mass is 10.3. The number of aliphatic hydroxyl groups excluding tert-OH is 1. The number of thiazole rings is 1. The van der Waals surface area contributed by atoms with E-state index in [0.29, 0.717) is 13.1 Å². The van der Waals surface area contributed by atoms with Crippen molar-refractivity contribution < 1.29 is 5.11 Å². The van der Waals surface area contributed by atoms with Gasteiger partial charge < -0.3 is 15.0 Å². The number of nitrogens with zero attached hydrogens (tertiary/aromatic N) is 1. The third-order valence-electron chi connectivity index (χ3n) is 2.21. The van der Waals surface area contributed by atoms with E-state index in [1.54, 1.807) is 11.6 Å². The van der Waals surface area contributed by atoms with Gasteiger partial charge in [-0.05, 0) is 20.9 Å². The summed E-state index contributed by atoms with van der Waals surface area (Å²) in [6, 6.07) is 0. The number of hydrogen-bond acceptors (Lipinski definition) is 4. The minimum Gasteiger partial charge on any atom is -0.390 e. The third-order valence-corrected chi connectivity index (χ3v) is 3.20. The first-order chi connectivity index (χ1) is 6.56. The van der Waals surface area contributed by atoms with Crippen LogP contribution >= 0.6 is 11.3 Å². The van der Waals surface area contributed by atoms with Gasteiger partial charge in [0, 0.05) is 17.1 Å². The van der Waals surface area contributed by atoms with Crippen LogP contribution < -0.4 is 10.2 Å². The first kappa shape index (κ1) is 11.4. The molecule has 0 saturated heterocycles. The van der Waals surface area contributed by atoms with E-state index in [0.717, 1.165) is 10.6 Å². The van der Waals surface area contributed by atoms with E-state index in [1.165, 1.54) is 11.3 Å². The largest absolute Gasteiger partial charge is 0.390 e. The molecular weight excluding hydrogens is 200 g/mol. The molecule has 0 amide bonds. The Morgan fingerprint density at radius 1 is 1.57 bits per heavy atom. The topological polar surface area (TPSA) is 54.3 Å². The van der Waals surface area contributed by atoms with Crippen molar-refractivity contribution in [2.75, 3.05) is 13.6 Å². The molecule has 1 heterocycles. The lowest BCUT2D eigenvalue weighted by Crippen LogP contribution is -2.31. The zero-order chi connectivity index (χ0) is 10.7. The molecule has 0 aliphatic rings. The third kappa shape index (κ3) is 2.43. The van der Waals surface area contributed by atoms with Crippen LogP contribution in [0.15, 0.2) is 4.79 Å². The summed E-state index contributed by atoms with van der Waals surface area (Å²) >= 11 is 1.23. The van der Waals surface area contributed by atoms with Crippen LogP contribution in [0.1, 0.15) is 10.6 Å². The first-order valence-electron chi connectivity index (χ1n) is 4.55. The highest BCUT2D eigenvalue weighted by Gasteiger charge is 2.11. The van der Waals surface area contributed by atoms with Gasteiger partial charge in [-0.25, -0.2) is 0 Å². The number of aliphatic hydroxyl groups is 1. The maximum Gasteiger partial charge on any atom is 0.307 e. The number of rotatable bonds is 4. The van der Waals surface area contributed by atoms with Crippen LogP contribution in [0, 0.1) is 13.8 Å². The van der Waals surface area contributed by atoms with Crippen molar-refractivity contribution in [2.45, 2.75) is 26.5 Å². The van der Waals surface area contributed by atoms with Gasteiger partial charge in [-0.2, -0.15) is 0 Å². The molecule has 0 fully saturated rings. The van der Waals surface area contributed by atoms with Gasteiger partial charge in [0.05, 0.1) is 12.6 Å². The number of hydrogen-bond donors (Lipinski definition) is 2. The Morgan fingerprint density at radius 2 is 2.21 bits per heavy atom. The van der Waals surface area contributed by atoms with Crippen LogP contribution in [0.25, 0.3) is 0 Å². The molecule has 0 aliphatic heterocycles. The molecule has 80 valence electrons. The van der Waals surface area contributed by atoms with Crippen molar-refractivity contribution in [3.05, 3.63) is 20.2 Å². The van der Waals surface area contributed by atoms with Crippen molar-refractivity contribution in [1.82, 2.24) is 9.88 Å². The van der Waals surface area contributed by atoms with Gasteiger partial charge in [0.1, 0.15) is 0 Å². The van der Waals surface area contributed by atoms with E-state index >= 15 is 0 Å². The summed E-state index contributed by atoms with van der Waals surface area (Å²) in [5, 5.41) is 12.4. The lowest BCUT2D eigenvalue weighted by Gasteiger charge is -2.11. The van der Waals surface area contributed by atoms with E-state index in [4.69, 9.17) is 0 Å². The maximum absolute atomic E-state index is 11.5. The molecular formula is C9H16N2O2S. The summed E-state index contributed by atoms with van der Waals surface area (Å²) < 4.78 is 1.63. The normalized spacial score (nSPS) is 13.1. The molecule has 0 bridgehead atoms. The molecule has 0 aliphatic carbocycles. The van der Waals surface area contributed by atoms with Crippen molar-refractivity contribution in [3.63, 3.8) is 0 Å². The molecule has 2 N–H and O–H groups in total. The Labute approximate surface area is 87.2 Å². The summed E-state index contributed by atoms with van der Waals surface area (Å²) in [7, 11) is 1.78. The fraction of sp³-hybridized carbons (Fsp3) is 0.667. The molecule has 1 atom stereocenters. The molecule has 0 saturated carbocycles. The van der Waals surface area contributed by atoms with Crippen molar-refractivity contribution in [2.24, 2.45) is 0 Å². The van der Waals surface area contributed by atoms with Gasteiger partial charge in [0.2, 0.25) is 0 Å². The summed E-state index contributed by atoms with van der Waals surface area (Å²) in [6.07, 6.45) is -0.509. The predicted octanol–water partition coefficient (Wildman–Crippen LogP) is 0.107. The van der Waals surface area contributed by atoms with Gasteiger partial charge in [-0.15, -0.1) is 0 Å². The molecule has 14 heavy (non-hydrogen) atoms. The molecule has 0 radical (unpaired) electrons. The molecule has 1 aromatic heterocycles. The van der Waals surface area contributed by atoms with Crippen LogP contribution in [-0.4, -0.2) is 29.4 Å². The monoisotopic (exact) mass is 216 g/mol. The fourth-order valence-electron chi connectivity index (χ4n) is 1.31. The van der Waals surface area contributed by atoms with Crippen LogP contribution in [0.5, 0.6) is 0 Å². The lowest BCUT2D eigenvalue weighted by molar-refractivity contribution is 0.152. The fourth-order valence-corrected chi connectivity index (χ4v) is 2.15. The second-order valence-electron chi connectivity index (χ2n) is 3.33. The number of nitrogens with one attached hydrogen (secondary N) is 1. The van der Waals surface area contributed by atoms with Gasteiger partial charge >= 0.3 is 4.87 Å². The average Bonchev–Trinajstić information content (AvgIpc) is 2.33. The predicted molar refractivity (Wildman–Crippen MR) is 58.0 cm³/mol. The highest BCUT2D eigenvalue weighted by molar-refractivity contribution is 7.09. The minimum atomic E-state index is -0.509. The van der Waals surface area contributed by atoms with E-state index in [2.05, 4.69) is 5.32 Å². The Hall–Kier alpha value is -0.650. The molecule has 1 unspecified atom stereocenters. The van der Waals surface area contributed by atoms with Crippen molar-refractivity contribution in [3.8, 4) is 0 Å². The molecule has 0 aromatic carbocycles. The van der Waals surface area contributed by atoms with Crippen molar-refractivity contribution in [1.29, 1.82) is 0 Å². The molecule has 5 heteroatoms. The van der Waals surface area contributed by atoms with E-state index in [1.807, 2.05) is 13.8 Å². The average molecular weight is 216 g/mol. The first-order valence-corrected chi connectivity index (χ1v) is 5.37. The highest BCUT2D eigenvalue weighted by atomic mass is 32.1. The zero-order valence-corrected chi connectivity index (χ0v) is 9.52. The summed E-state index contributed by atoms with van der Waals surface area (Å²) in [5.74, 6) is 0. The van der Waals surface area contributed by atoms with Gasteiger partial charge in [0.25, 0.3) is 0 Å². The Morgan fingerprint density at radius 3 is 2.64 bits per heavy atom. The zero-order valence-electron chi connectivity index (χ0n) is 8.70. The van der Waals surface area contributed by atoms with Crippen LogP contribution in [0.4, 0.5) is 0 Å². The van der Waals surface area contributed by atoms with E-state index in [9.17, 15) is 9.90 Å². The number of aryl methyl sites for hydroxylation is 1. The summed E-state index contributed by atoms with van der Waals surface area (Å²) in [5.41, 5.74) is 0.954. The Bertz CT molecular complexity index is 356. The van der Waals surface area contributed by atoms with Crippen molar-refractivity contribution >= 4 is 11.3 Å². The summed E-state index contributed by atoms with van der Waals surface area (Å²) in [6.45, 7) is 4.69. The SMILES string of the molecule is CNCC(O)Cn1c(C)c(C)sc1=O. The van der Waals surface area contributed by atoms with Gasteiger partial charge in [0.15, 0.2) is 0 Å². The van der Waals surface area contributed by atoms with E-state index in [-0.39, 0.29) is 4.87 Å². The number of aromatic nitrogens is 1. The summed E-state index contributed by atoms with van der Waals surface area (Å²) in [4.78, 5) is 12.5. The minimum absolute atomic E-state index is 0.00940. The standard InChI is InChI=1S/C9H16N2O2S/c1-6-7(2)14-9(13)11(6)5-8(12)4-10-3/h8,10,12H,4-5H2,1-3H3. The van der Waals surface area contributed by atoms with Gasteiger partial charge in [-0.3, -0.25) is 4.79 Å². The Kier molecular flexibility index (Phi) is 3.86. The Balaban J connectivity index is 2.81.